The molecular weight excluding hydrogens is 280 g/mol. The Kier molecular flexibility index (Phi) is 28.2. The number of hydrogen-bond donors (Lipinski definition) is 4. The van der Waals surface area contributed by atoms with Crippen LogP contribution in [0.15, 0.2) is 0 Å². The van der Waals surface area contributed by atoms with E-state index in [2.05, 4.69) is 4.74 Å². The van der Waals surface area contributed by atoms with Crippen molar-refractivity contribution in [3.8, 4) is 0 Å². The summed E-state index contributed by atoms with van der Waals surface area (Å²) in [7, 11) is 0. The fourth-order valence-electron chi connectivity index (χ4n) is 0.887. The second-order valence-electron chi connectivity index (χ2n) is 4.05. The van der Waals surface area contributed by atoms with E-state index in [9.17, 15) is 9.59 Å². The average molecular weight is 310 g/mol. The number of rotatable bonds is 10. The summed E-state index contributed by atoms with van der Waals surface area (Å²) in [6, 6.07) is 0. The van der Waals surface area contributed by atoms with Gasteiger partial charge in [-0.2, -0.15) is 0 Å². The molecule has 7 heteroatoms. The molecule has 0 bridgehead atoms. The minimum absolute atomic E-state index is 0.0278. The first-order chi connectivity index (χ1) is 9.95. The zero-order chi connectivity index (χ0) is 16.9. The quantitative estimate of drug-likeness (QED) is 0.451. The minimum atomic E-state index is -0.693. The predicted octanol–water partition coefficient (Wildman–Crippen LogP) is 1.51. The lowest BCUT2D eigenvalue weighted by atomic mass is 10.3. The Labute approximate surface area is 126 Å². The maximum atomic E-state index is 9.76. The number of unbranched alkanes of at least 4 members (excludes halogenated alkanes) is 2. The molecule has 0 aliphatic carbocycles. The Hall–Kier alpha value is -1.18. The summed E-state index contributed by atoms with van der Waals surface area (Å²) < 4.78 is 4.63. The molecule has 0 unspecified atom stereocenters. The van der Waals surface area contributed by atoms with Gasteiger partial charge in [0.05, 0.1) is 26.4 Å². The molecule has 0 radical (unpaired) electrons. The summed E-state index contributed by atoms with van der Waals surface area (Å²) in [5.41, 5.74) is 0. The van der Waals surface area contributed by atoms with Crippen molar-refractivity contribution in [3.63, 3.8) is 0 Å². The normalized spacial score (nSPS) is 8.95. The van der Waals surface area contributed by atoms with Crippen LogP contribution in [0.2, 0.25) is 0 Å². The number of aliphatic hydroxyl groups is 2. The van der Waals surface area contributed by atoms with Crippen molar-refractivity contribution in [1.82, 2.24) is 0 Å². The maximum absolute atomic E-state index is 9.76. The average Bonchev–Trinajstić information content (AvgIpc) is 2.44. The van der Waals surface area contributed by atoms with Gasteiger partial charge in [-0.15, -0.1) is 0 Å². The molecule has 7 nitrogen and oxygen atoms in total. The van der Waals surface area contributed by atoms with Gasteiger partial charge in [0.25, 0.3) is 0 Å². The lowest BCUT2D eigenvalue weighted by Crippen LogP contribution is -2.03. The fraction of sp³-hybridized carbons (Fsp3) is 0.857. The van der Waals surface area contributed by atoms with Crippen LogP contribution in [0.4, 0.5) is 0 Å². The van der Waals surface area contributed by atoms with E-state index in [1.54, 1.807) is 0 Å². The van der Waals surface area contributed by atoms with Gasteiger partial charge in [-0.1, -0.05) is 26.7 Å². The molecule has 4 N–H and O–H groups in total. The summed E-state index contributed by atoms with van der Waals surface area (Å²) in [5.74, 6) is -1.39. The van der Waals surface area contributed by atoms with Gasteiger partial charge >= 0.3 is 11.9 Å². The van der Waals surface area contributed by atoms with Crippen LogP contribution in [0.1, 0.15) is 52.4 Å². The summed E-state index contributed by atoms with van der Waals surface area (Å²) in [6.45, 7) is 4.65. The highest BCUT2D eigenvalue weighted by molar-refractivity contribution is 5.66. The van der Waals surface area contributed by atoms with Crippen LogP contribution in [-0.4, -0.2) is 58.8 Å². The van der Waals surface area contributed by atoms with Crippen LogP contribution in [0.5, 0.6) is 0 Å². The van der Waals surface area contributed by atoms with Crippen molar-refractivity contribution in [3.05, 3.63) is 0 Å². The van der Waals surface area contributed by atoms with E-state index < -0.39 is 11.9 Å². The molecule has 0 atom stereocenters. The van der Waals surface area contributed by atoms with E-state index in [1.807, 2.05) is 13.8 Å². The molecule has 0 saturated carbocycles. The molecular formula is C14H30O7. The molecule has 0 aromatic rings. The molecule has 0 aromatic heterocycles. The second-order valence-corrected chi connectivity index (χ2v) is 4.05. The largest absolute Gasteiger partial charge is 0.481 e. The van der Waals surface area contributed by atoms with E-state index in [-0.39, 0.29) is 13.2 Å². The monoisotopic (exact) mass is 310 g/mol. The van der Waals surface area contributed by atoms with E-state index in [1.165, 1.54) is 0 Å². The summed E-state index contributed by atoms with van der Waals surface area (Å²) >= 11 is 0. The SMILES string of the molecule is CCCCC(=O)O.CCCCC(=O)O.OCCOCCO. The third kappa shape index (κ3) is 45.5. The molecule has 0 spiro atoms. The Bertz CT molecular complexity index is 197. The van der Waals surface area contributed by atoms with E-state index in [0.29, 0.717) is 26.1 Å². The van der Waals surface area contributed by atoms with E-state index in [0.717, 1.165) is 25.7 Å². The minimum Gasteiger partial charge on any atom is -0.481 e. The Morgan fingerprint density at radius 3 is 1.29 bits per heavy atom. The van der Waals surface area contributed by atoms with E-state index in [4.69, 9.17) is 20.4 Å². The molecule has 0 amide bonds. The molecule has 0 rings (SSSR count). The van der Waals surface area contributed by atoms with Crippen LogP contribution in [0, 0.1) is 0 Å². The van der Waals surface area contributed by atoms with Crippen molar-refractivity contribution in [2.75, 3.05) is 26.4 Å². The predicted molar refractivity (Wildman–Crippen MR) is 79.3 cm³/mol. The zero-order valence-corrected chi connectivity index (χ0v) is 13.1. The molecule has 0 aliphatic rings. The van der Waals surface area contributed by atoms with Crippen molar-refractivity contribution in [1.29, 1.82) is 0 Å². The van der Waals surface area contributed by atoms with Gasteiger partial charge in [0.2, 0.25) is 0 Å². The Morgan fingerprint density at radius 2 is 1.14 bits per heavy atom. The first-order valence-electron chi connectivity index (χ1n) is 7.19. The van der Waals surface area contributed by atoms with Crippen molar-refractivity contribution < 1.29 is 34.8 Å². The number of carbonyl (C=O) groups is 2. The maximum Gasteiger partial charge on any atom is 0.303 e. The molecule has 0 aliphatic heterocycles. The lowest BCUT2D eigenvalue weighted by molar-refractivity contribution is -0.138. The number of carboxylic acid groups (broad SMARTS) is 2. The molecule has 0 fully saturated rings. The van der Waals surface area contributed by atoms with Gasteiger partial charge in [0, 0.05) is 12.8 Å². The smallest absolute Gasteiger partial charge is 0.303 e. The Balaban J connectivity index is -0.000000231. The first-order valence-corrected chi connectivity index (χ1v) is 7.19. The zero-order valence-electron chi connectivity index (χ0n) is 13.1. The number of hydrogen-bond acceptors (Lipinski definition) is 5. The number of aliphatic carboxylic acids is 2. The van der Waals surface area contributed by atoms with Crippen LogP contribution in [0.3, 0.4) is 0 Å². The van der Waals surface area contributed by atoms with Gasteiger partial charge in [0.15, 0.2) is 0 Å². The molecule has 0 saturated heterocycles. The highest BCUT2D eigenvalue weighted by Gasteiger charge is 1.91. The Morgan fingerprint density at radius 1 is 0.810 bits per heavy atom. The molecule has 128 valence electrons. The van der Waals surface area contributed by atoms with E-state index >= 15 is 0 Å². The van der Waals surface area contributed by atoms with Gasteiger partial charge in [-0.25, -0.2) is 0 Å². The topological polar surface area (TPSA) is 124 Å². The van der Waals surface area contributed by atoms with Gasteiger partial charge in [-0.3, -0.25) is 9.59 Å². The first kappa shape index (κ1) is 24.8. The summed E-state index contributed by atoms with van der Waals surface area (Å²) in [4.78, 5) is 19.5. The molecule has 0 heterocycles. The van der Waals surface area contributed by atoms with Crippen molar-refractivity contribution >= 4 is 11.9 Å². The molecule has 0 aromatic carbocycles. The lowest BCUT2D eigenvalue weighted by Gasteiger charge is -1.94. The van der Waals surface area contributed by atoms with Crippen LogP contribution in [-0.2, 0) is 14.3 Å². The van der Waals surface area contributed by atoms with Gasteiger partial charge < -0.3 is 25.2 Å². The number of ether oxygens (including phenoxy) is 1. The third-order valence-corrected chi connectivity index (χ3v) is 1.96. The van der Waals surface area contributed by atoms with Crippen LogP contribution < -0.4 is 0 Å². The fourth-order valence-corrected chi connectivity index (χ4v) is 0.887. The number of aliphatic hydroxyl groups excluding tert-OH is 2. The third-order valence-electron chi connectivity index (χ3n) is 1.96. The summed E-state index contributed by atoms with van der Waals surface area (Å²) in [6.07, 6.45) is 4.16. The second kappa shape index (κ2) is 23.9. The van der Waals surface area contributed by atoms with Crippen molar-refractivity contribution in [2.24, 2.45) is 0 Å². The van der Waals surface area contributed by atoms with Crippen molar-refractivity contribution in [2.45, 2.75) is 52.4 Å². The highest BCUT2D eigenvalue weighted by atomic mass is 16.5. The standard InChI is InChI=1S/2C5H10O2.C4H10O3/c2*1-2-3-4-5(6)7;5-1-3-7-4-2-6/h2*2-4H2,1H3,(H,6,7);5-6H,1-4H2. The van der Waals surface area contributed by atoms with Gasteiger partial charge in [0.1, 0.15) is 0 Å². The van der Waals surface area contributed by atoms with Crippen LogP contribution in [0.25, 0.3) is 0 Å². The summed E-state index contributed by atoms with van der Waals surface area (Å²) in [5, 5.41) is 32.3. The van der Waals surface area contributed by atoms with Crippen LogP contribution >= 0.6 is 0 Å². The highest BCUT2D eigenvalue weighted by Crippen LogP contribution is 1.91. The number of carboxylic acids is 2. The molecule has 21 heavy (non-hydrogen) atoms. The van der Waals surface area contributed by atoms with Gasteiger partial charge in [-0.05, 0) is 12.8 Å².